The van der Waals surface area contributed by atoms with Crippen molar-refractivity contribution in [2.24, 2.45) is 5.92 Å². The maximum atomic E-state index is 13.2. The Kier molecular flexibility index (Phi) is 6.81. The number of carbonyl (C=O) groups excluding carboxylic acids is 1. The van der Waals surface area contributed by atoms with Gasteiger partial charge in [0.25, 0.3) is 0 Å². The Bertz CT molecular complexity index is 527. The largest absolute Gasteiger partial charge is 0.508 e. The lowest BCUT2D eigenvalue weighted by atomic mass is 10.0. The van der Waals surface area contributed by atoms with Crippen LogP contribution in [0.2, 0.25) is 0 Å². The van der Waals surface area contributed by atoms with E-state index in [0.29, 0.717) is 18.7 Å². The summed E-state index contributed by atoms with van der Waals surface area (Å²) >= 11 is 0. The molecule has 1 atom stereocenters. The molecule has 0 heterocycles. The Morgan fingerprint density at radius 2 is 2.00 bits per heavy atom. The van der Waals surface area contributed by atoms with Gasteiger partial charge in [-0.05, 0) is 44.9 Å². The lowest BCUT2D eigenvalue weighted by molar-refractivity contribution is 0.0490. The molecule has 0 fully saturated rings. The summed E-state index contributed by atoms with van der Waals surface area (Å²) in [5, 5.41) is 15.6. The number of halogens is 1. The Labute approximate surface area is 137 Å². The summed E-state index contributed by atoms with van der Waals surface area (Å²) in [5.41, 5.74) is -0.0726. The molecule has 0 aliphatic carbocycles. The van der Waals surface area contributed by atoms with Crippen molar-refractivity contribution in [2.45, 2.75) is 52.8 Å². The number of aromatic hydroxyl groups is 1. The van der Waals surface area contributed by atoms with Gasteiger partial charge in [0.15, 0.2) is 0 Å². The summed E-state index contributed by atoms with van der Waals surface area (Å²) in [6.45, 7) is 10.2. The molecule has 0 aliphatic rings. The Balaban J connectivity index is 2.53. The van der Waals surface area contributed by atoms with E-state index in [2.05, 4.69) is 10.6 Å². The molecule has 0 radical (unpaired) electrons. The number of alkyl carbamates (subject to hydrolysis) is 1. The van der Waals surface area contributed by atoms with Crippen LogP contribution in [0.5, 0.6) is 5.75 Å². The molecule has 3 N–H and O–H groups in total. The number of phenolic OH excluding ortho intramolecular Hbond substituents is 1. The van der Waals surface area contributed by atoms with Gasteiger partial charge in [0, 0.05) is 24.7 Å². The fraction of sp³-hybridized carbons (Fsp3) is 0.588. The molecule has 0 saturated heterocycles. The fourth-order valence-corrected chi connectivity index (χ4v) is 1.97. The highest BCUT2D eigenvalue weighted by Gasteiger charge is 2.21. The molecule has 0 spiro atoms. The van der Waals surface area contributed by atoms with E-state index in [1.165, 1.54) is 18.2 Å². The average molecular weight is 326 g/mol. The Morgan fingerprint density at radius 1 is 1.35 bits per heavy atom. The van der Waals surface area contributed by atoms with Gasteiger partial charge in [-0.15, -0.1) is 0 Å². The summed E-state index contributed by atoms with van der Waals surface area (Å²) in [6.07, 6.45) is -0.466. The molecule has 0 aromatic heterocycles. The van der Waals surface area contributed by atoms with Gasteiger partial charge in [-0.25, -0.2) is 9.18 Å². The van der Waals surface area contributed by atoms with Gasteiger partial charge < -0.3 is 20.5 Å². The first kappa shape index (κ1) is 19.2. The van der Waals surface area contributed by atoms with E-state index in [0.717, 1.165) is 0 Å². The normalized spacial score (nSPS) is 13.0. The summed E-state index contributed by atoms with van der Waals surface area (Å²) in [7, 11) is 0. The number of phenols is 1. The molecular weight excluding hydrogens is 299 g/mol. The minimum absolute atomic E-state index is 0.0418. The number of amides is 1. The van der Waals surface area contributed by atoms with Gasteiger partial charge in [0.2, 0.25) is 0 Å². The van der Waals surface area contributed by atoms with Crippen LogP contribution in [0.1, 0.15) is 40.2 Å². The van der Waals surface area contributed by atoms with Crippen molar-refractivity contribution >= 4 is 6.09 Å². The minimum atomic E-state index is -0.549. The van der Waals surface area contributed by atoms with E-state index in [1.54, 1.807) is 0 Å². The zero-order valence-corrected chi connectivity index (χ0v) is 14.4. The first-order chi connectivity index (χ1) is 10.6. The van der Waals surface area contributed by atoms with Crippen LogP contribution in [-0.2, 0) is 11.3 Å². The number of hydrogen-bond donors (Lipinski definition) is 3. The number of rotatable bonds is 6. The summed E-state index contributed by atoms with van der Waals surface area (Å²) in [4.78, 5) is 11.9. The van der Waals surface area contributed by atoms with E-state index in [9.17, 15) is 14.3 Å². The van der Waals surface area contributed by atoms with Crippen molar-refractivity contribution in [1.29, 1.82) is 0 Å². The van der Waals surface area contributed by atoms with E-state index in [-0.39, 0.29) is 17.7 Å². The Morgan fingerprint density at radius 3 is 2.57 bits per heavy atom. The van der Waals surface area contributed by atoms with Crippen molar-refractivity contribution in [1.82, 2.24) is 10.6 Å². The van der Waals surface area contributed by atoms with E-state index >= 15 is 0 Å². The predicted molar refractivity (Wildman–Crippen MR) is 87.8 cm³/mol. The molecule has 1 amide bonds. The maximum absolute atomic E-state index is 13.2. The van der Waals surface area contributed by atoms with Crippen LogP contribution in [0.4, 0.5) is 9.18 Å². The molecule has 130 valence electrons. The number of hydrogen-bond acceptors (Lipinski definition) is 4. The van der Waals surface area contributed by atoms with Gasteiger partial charge >= 0.3 is 6.09 Å². The van der Waals surface area contributed by atoms with Crippen LogP contribution in [0.15, 0.2) is 18.2 Å². The number of ether oxygens (including phenoxy) is 1. The van der Waals surface area contributed by atoms with Gasteiger partial charge in [0.1, 0.15) is 17.2 Å². The number of benzene rings is 1. The van der Waals surface area contributed by atoms with Gasteiger partial charge in [-0.2, -0.15) is 0 Å². The number of carbonyl (C=O) groups is 1. The van der Waals surface area contributed by atoms with Gasteiger partial charge in [-0.1, -0.05) is 13.8 Å². The van der Waals surface area contributed by atoms with Crippen LogP contribution >= 0.6 is 0 Å². The molecule has 1 aromatic rings. The standard InChI is InChI=1S/C17H27FN2O3/c1-11(2)14(20-16(22)23-17(3,4)5)10-19-9-12-8-13(18)6-7-15(12)21/h6-8,11,14,19,21H,9-10H2,1-5H3,(H,20,22). The zero-order chi connectivity index (χ0) is 17.6. The highest BCUT2D eigenvalue weighted by Crippen LogP contribution is 2.17. The van der Waals surface area contributed by atoms with Crippen molar-refractivity contribution in [3.63, 3.8) is 0 Å². The van der Waals surface area contributed by atoms with Crippen LogP contribution in [0.3, 0.4) is 0 Å². The Hall–Kier alpha value is -1.82. The van der Waals surface area contributed by atoms with Crippen LogP contribution in [0, 0.1) is 11.7 Å². The second-order valence-corrected chi connectivity index (χ2v) is 6.90. The quantitative estimate of drug-likeness (QED) is 0.751. The molecule has 1 rings (SSSR count). The van der Waals surface area contributed by atoms with Crippen molar-refractivity contribution in [2.75, 3.05) is 6.54 Å². The highest BCUT2D eigenvalue weighted by molar-refractivity contribution is 5.68. The van der Waals surface area contributed by atoms with Crippen molar-refractivity contribution in [3.8, 4) is 5.75 Å². The van der Waals surface area contributed by atoms with E-state index < -0.39 is 17.5 Å². The van der Waals surface area contributed by atoms with Gasteiger partial charge in [0.05, 0.1) is 0 Å². The smallest absolute Gasteiger partial charge is 0.407 e. The SMILES string of the molecule is CC(C)C(CNCc1cc(F)ccc1O)NC(=O)OC(C)(C)C. The van der Waals surface area contributed by atoms with Gasteiger partial charge in [-0.3, -0.25) is 0 Å². The molecule has 1 aromatic carbocycles. The van der Waals surface area contributed by atoms with Crippen LogP contribution < -0.4 is 10.6 Å². The monoisotopic (exact) mass is 326 g/mol. The third-order valence-electron chi connectivity index (χ3n) is 3.23. The second kappa shape index (κ2) is 8.15. The number of nitrogens with one attached hydrogen (secondary N) is 2. The average Bonchev–Trinajstić information content (AvgIpc) is 2.39. The minimum Gasteiger partial charge on any atom is -0.508 e. The van der Waals surface area contributed by atoms with Crippen LogP contribution in [0.25, 0.3) is 0 Å². The van der Waals surface area contributed by atoms with Crippen molar-refractivity contribution < 1.29 is 19.0 Å². The molecule has 0 saturated carbocycles. The third kappa shape index (κ3) is 7.32. The highest BCUT2D eigenvalue weighted by atomic mass is 19.1. The molecule has 0 bridgehead atoms. The molecule has 6 heteroatoms. The molecular formula is C17H27FN2O3. The maximum Gasteiger partial charge on any atom is 0.407 e. The predicted octanol–water partition coefficient (Wildman–Crippen LogP) is 3.17. The molecule has 1 unspecified atom stereocenters. The molecule has 0 aliphatic heterocycles. The lowest BCUT2D eigenvalue weighted by Crippen LogP contribution is -2.46. The van der Waals surface area contributed by atoms with Crippen LogP contribution in [-0.4, -0.2) is 29.4 Å². The third-order valence-corrected chi connectivity index (χ3v) is 3.23. The lowest BCUT2D eigenvalue weighted by Gasteiger charge is -2.26. The summed E-state index contributed by atoms with van der Waals surface area (Å²) < 4.78 is 18.4. The zero-order valence-electron chi connectivity index (χ0n) is 14.4. The summed E-state index contributed by atoms with van der Waals surface area (Å²) in [5.74, 6) is -0.164. The second-order valence-electron chi connectivity index (χ2n) is 6.90. The summed E-state index contributed by atoms with van der Waals surface area (Å²) in [6, 6.07) is 3.68. The fourth-order valence-electron chi connectivity index (χ4n) is 1.97. The van der Waals surface area contributed by atoms with Crippen molar-refractivity contribution in [3.05, 3.63) is 29.6 Å². The molecule has 23 heavy (non-hydrogen) atoms. The first-order valence-corrected chi connectivity index (χ1v) is 7.76. The van der Waals surface area contributed by atoms with E-state index in [4.69, 9.17) is 4.74 Å². The van der Waals surface area contributed by atoms with E-state index in [1.807, 2.05) is 34.6 Å². The topological polar surface area (TPSA) is 70.6 Å². The molecule has 5 nitrogen and oxygen atoms in total. The first-order valence-electron chi connectivity index (χ1n) is 7.76.